The molecule has 19 heavy (non-hydrogen) atoms. The molecule has 0 aliphatic heterocycles. The maximum absolute atomic E-state index is 9.85. The minimum atomic E-state index is -0.262. The minimum Gasteiger partial charge on any atom is -0.392 e. The van der Waals surface area contributed by atoms with Crippen LogP contribution in [0.3, 0.4) is 0 Å². The van der Waals surface area contributed by atoms with Crippen molar-refractivity contribution in [3.05, 3.63) is 34.9 Å². The van der Waals surface area contributed by atoms with E-state index in [1.165, 1.54) is 16.7 Å². The van der Waals surface area contributed by atoms with Crippen molar-refractivity contribution in [2.45, 2.75) is 39.8 Å². The Hall–Kier alpha value is -0.900. The monoisotopic (exact) mass is 265 g/mol. The first-order valence-electron chi connectivity index (χ1n) is 7.02. The molecule has 0 aromatic heterocycles. The van der Waals surface area contributed by atoms with Gasteiger partial charge in [-0.3, -0.25) is 4.90 Å². The van der Waals surface area contributed by atoms with Crippen molar-refractivity contribution in [2.24, 2.45) is 0 Å². The molecule has 0 heterocycles. The SMILES string of the molecule is CCC(O)CN(CCOC)Cc1cc(C)ccc1C. The molecule has 0 amide bonds. The fraction of sp³-hybridized carbons (Fsp3) is 0.625. The van der Waals surface area contributed by atoms with Crippen LogP contribution >= 0.6 is 0 Å². The summed E-state index contributed by atoms with van der Waals surface area (Å²) in [4.78, 5) is 2.26. The Morgan fingerprint density at radius 1 is 1.32 bits per heavy atom. The molecule has 1 aromatic carbocycles. The number of hydrogen-bond acceptors (Lipinski definition) is 3. The van der Waals surface area contributed by atoms with E-state index in [0.717, 1.165) is 19.5 Å². The van der Waals surface area contributed by atoms with Crippen LogP contribution in [0.1, 0.15) is 30.0 Å². The molecule has 1 rings (SSSR count). The number of nitrogens with zero attached hydrogens (tertiary/aromatic N) is 1. The molecule has 0 radical (unpaired) electrons. The fourth-order valence-corrected chi connectivity index (χ4v) is 2.09. The van der Waals surface area contributed by atoms with Crippen LogP contribution in [0.15, 0.2) is 18.2 Å². The lowest BCUT2D eigenvalue weighted by Gasteiger charge is -2.25. The molecule has 0 spiro atoms. The van der Waals surface area contributed by atoms with Gasteiger partial charge in [-0.25, -0.2) is 0 Å². The van der Waals surface area contributed by atoms with E-state index in [9.17, 15) is 5.11 Å². The zero-order chi connectivity index (χ0) is 14.3. The van der Waals surface area contributed by atoms with Gasteiger partial charge in [0.25, 0.3) is 0 Å². The summed E-state index contributed by atoms with van der Waals surface area (Å²) in [5.41, 5.74) is 3.92. The van der Waals surface area contributed by atoms with E-state index in [-0.39, 0.29) is 6.10 Å². The van der Waals surface area contributed by atoms with Crippen molar-refractivity contribution in [2.75, 3.05) is 26.8 Å². The average Bonchev–Trinajstić information content (AvgIpc) is 2.39. The van der Waals surface area contributed by atoms with Gasteiger partial charge < -0.3 is 9.84 Å². The number of aliphatic hydroxyl groups excluding tert-OH is 1. The summed E-state index contributed by atoms with van der Waals surface area (Å²) >= 11 is 0. The minimum absolute atomic E-state index is 0.262. The van der Waals surface area contributed by atoms with Crippen molar-refractivity contribution in [1.82, 2.24) is 4.90 Å². The van der Waals surface area contributed by atoms with E-state index >= 15 is 0 Å². The molecule has 1 N–H and O–H groups in total. The van der Waals surface area contributed by atoms with Crippen LogP contribution in [-0.4, -0.2) is 42.9 Å². The molecule has 0 bridgehead atoms. The zero-order valence-electron chi connectivity index (χ0n) is 12.6. The predicted molar refractivity (Wildman–Crippen MR) is 79.4 cm³/mol. The molecule has 1 unspecified atom stereocenters. The highest BCUT2D eigenvalue weighted by Crippen LogP contribution is 2.14. The molecule has 3 nitrogen and oxygen atoms in total. The van der Waals surface area contributed by atoms with Gasteiger partial charge in [-0.05, 0) is 31.4 Å². The highest BCUT2D eigenvalue weighted by molar-refractivity contribution is 5.30. The summed E-state index contributed by atoms with van der Waals surface area (Å²) in [7, 11) is 1.71. The van der Waals surface area contributed by atoms with Gasteiger partial charge in [0.05, 0.1) is 12.7 Å². The van der Waals surface area contributed by atoms with Crippen LogP contribution in [-0.2, 0) is 11.3 Å². The Balaban J connectivity index is 2.71. The Kier molecular flexibility index (Phi) is 7.06. The topological polar surface area (TPSA) is 32.7 Å². The van der Waals surface area contributed by atoms with Gasteiger partial charge >= 0.3 is 0 Å². The Morgan fingerprint density at radius 3 is 2.68 bits per heavy atom. The van der Waals surface area contributed by atoms with Gasteiger partial charge in [-0.2, -0.15) is 0 Å². The lowest BCUT2D eigenvalue weighted by atomic mass is 10.0. The predicted octanol–water partition coefficient (Wildman–Crippen LogP) is 2.52. The Morgan fingerprint density at radius 2 is 2.05 bits per heavy atom. The summed E-state index contributed by atoms with van der Waals surface area (Å²) in [6.07, 6.45) is 0.526. The summed E-state index contributed by atoms with van der Waals surface area (Å²) in [5, 5.41) is 9.85. The highest BCUT2D eigenvalue weighted by atomic mass is 16.5. The highest BCUT2D eigenvalue weighted by Gasteiger charge is 2.12. The van der Waals surface area contributed by atoms with Gasteiger partial charge in [0.2, 0.25) is 0 Å². The van der Waals surface area contributed by atoms with Crippen LogP contribution in [0.2, 0.25) is 0 Å². The molecule has 0 saturated carbocycles. The third-order valence-corrected chi connectivity index (χ3v) is 3.45. The first kappa shape index (κ1) is 16.2. The van der Waals surface area contributed by atoms with Crippen LogP contribution in [0.5, 0.6) is 0 Å². The van der Waals surface area contributed by atoms with E-state index in [1.54, 1.807) is 7.11 Å². The normalized spacial score (nSPS) is 12.9. The molecular formula is C16H27NO2. The summed E-state index contributed by atoms with van der Waals surface area (Å²) in [5.74, 6) is 0. The second kappa shape index (κ2) is 8.31. The number of methoxy groups -OCH3 is 1. The van der Waals surface area contributed by atoms with Gasteiger partial charge in [0, 0.05) is 26.7 Å². The summed E-state index contributed by atoms with van der Waals surface area (Å²) in [6.45, 7) is 9.38. The van der Waals surface area contributed by atoms with Crippen molar-refractivity contribution in [3.63, 3.8) is 0 Å². The molecule has 0 aliphatic carbocycles. The van der Waals surface area contributed by atoms with Crippen LogP contribution < -0.4 is 0 Å². The lowest BCUT2D eigenvalue weighted by Crippen LogP contribution is -2.34. The van der Waals surface area contributed by atoms with E-state index in [4.69, 9.17) is 4.74 Å². The van der Waals surface area contributed by atoms with Crippen molar-refractivity contribution >= 4 is 0 Å². The van der Waals surface area contributed by atoms with Crippen molar-refractivity contribution < 1.29 is 9.84 Å². The van der Waals surface area contributed by atoms with Gasteiger partial charge in [-0.15, -0.1) is 0 Å². The number of benzene rings is 1. The zero-order valence-corrected chi connectivity index (χ0v) is 12.6. The molecule has 3 heteroatoms. The third kappa shape index (κ3) is 5.72. The molecule has 0 saturated heterocycles. The fourth-order valence-electron chi connectivity index (χ4n) is 2.09. The molecule has 1 aromatic rings. The number of rotatable bonds is 8. The van der Waals surface area contributed by atoms with E-state index in [2.05, 4.69) is 36.9 Å². The smallest absolute Gasteiger partial charge is 0.0664 e. The third-order valence-electron chi connectivity index (χ3n) is 3.45. The second-order valence-corrected chi connectivity index (χ2v) is 5.22. The van der Waals surface area contributed by atoms with Gasteiger partial charge in [0.15, 0.2) is 0 Å². The van der Waals surface area contributed by atoms with E-state index in [0.29, 0.717) is 13.2 Å². The quantitative estimate of drug-likeness (QED) is 0.784. The number of aliphatic hydroxyl groups is 1. The number of hydrogen-bond donors (Lipinski definition) is 1. The van der Waals surface area contributed by atoms with E-state index in [1.807, 2.05) is 6.92 Å². The van der Waals surface area contributed by atoms with Crippen molar-refractivity contribution in [3.8, 4) is 0 Å². The maximum Gasteiger partial charge on any atom is 0.0664 e. The standard InChI is InChI=1S/C16H27NO2/c1-5-16(18)12-17(8-9-19-4)11-15-10-13(2)6-7-14(15)3/h6-7,10,16,18H,5,8-9,11-12H2,1-4H3. The largest absolute Gasteiger partial charge is 0.392 e. The van der Waals surface area contributed by atoms with Crippen molar-refractivity contribution in [1.29, 1.82) is 0 Å². The van der Waals surface area contributed by atoms with E-state index < -0.39 is 0 Å². The van der Waals surface area contributed by atoms with Gasteiger partial charge in [0.1, 0.15) is 0 Å². The first-order chi connectivity index (χ1) is 9.06. The maximum atomic E-state index is 9.85. The lowest BCUT2D eigenvalue weighted by molar-refractivity contribution is 0.0829. The van der Waals surface area contributed by atoms with Gasteiger partial charge in [-0.1, -0.05) is 30.7 Å². The van der Waals surface area contributed by atoms with Crippen LogP contribution in [0.4, 0.5) is 0 Å². The first-order valence-corrected chi connectivity index (χ1v) is 7.02. The summed E-state index contributed by atoms with van der Waals surface area (Å²) < 4.78 is 5.16. The Labute approximate surface area is 117 Å². The average molecular weight is 265 g/mol. The molecular weight excluding hydrogens is 238 g/mol. The number of ether oxygens (including phenoxy) is 1. The van der Waals surface area contributed by atoms with Crippen LogP contribution in [0, 0.1) is 13.8 Å². The molecule has 0 fully saturated rings. The second-order valence-electron chi connectivity index (χ2n) is 5.22. The molecule has 0 aliphatic rings. The summed E-state index contributed by atoms with van der Waals surface area (Å²) in [6, 6.07) is 6.53. The van der Waals surface area contributed by atoms with Crippen LogP contribution in [0.25, 0.3) is 0 Å². The molecule has 1 atom stereocenters. The number of aryl methyl sites for hydroxylation is 2. The molecule has 108 valence electrons. The Bertz CT molecular complexity index is 379.